The number of ether oxygens (including phenoxy) is 1. The maximum atomic E-state index is 12.7. The fourth-order valence-electron chi connectivity index (χ4n) is 2.21. The maximum Gasteiger partial charge on any atom is 0.391 e. The molecule has 2 rings (SSSR count). The standard InChI is InChI=1S/C14H15ClF3NO2/c15-11-3-1-9(2-4-11)12(7-14(16,17)18)19-13(20)10-5-6-21-8-10/h1-4,10,12H,5-8H2,(H,19,20). The van der Waals surface area contributed by atoms with Gasteiger partial charge in [-0.1, -0.05) is 23.7 Å². The van der Waals surface area contributed by atoms with Crippen molar-refractivity contribution < 1.29 is 22.7 Å². The predicted molar refractivity (Wildman–Crippen MR) is 71.9 cm³/mol. The van der Waals surface area contributed by atoms with Crippen LogP contribution in [0.4, 0.5) is 13.2 Å². The summed E-state index contributed by atoms with van der Waals surface area (Å²) in [5.74, 6) is -0.787. The highest BCUT2D eigenvalue weighted by Gasteiger charge is 2.35. The second-order valence-electron chi connectivity index (χ2n) is 4.99. The van der Waals surface area contributed by atoms with Gasteiger partial charge in [-0.05, 0) is 24.1 Å². The van der Waals surface area contributed by atoms with Gasteiger partial charge in [0.1, 0.15) is 0 Å². The monoisotopic (exact) mass is 321 g/mol. The molecule has 0 aliphatic carbocycles. The molecule has 0 bridgehead atoms. The average molecular weight is 322 g/mol. The third-order valence-electron chi connectivity index (χ3n) is 3.32. The maximum absolute atomic E-state index is 12.7. The molecule has 3 nitrogen and oxygen atoms in total. The first-order valence-corrected chi connectivity index (χ1v) is 6.93. The van der Waals surface area contributed by atoms with E-state index in [2.05, 4.69) is 5.32 Å². The van der Waals surface area contributed by atoms with Crippen LogP contribution < -0.4 is 5.32 Å². The molecule has 1 fully saturated rings. The molecule has 0 saturated carbocycles. The molecule has 1 saturated heterocycles. The zero-order chi connectivity index (χ0) is 15.5. The van der Waals surface area contributed by atoms with Gasteiger partial charge in [-0.2, -0.15) is 13.2 Å². The highest BCUT2D eigenvalue weighted by atomic mass is 35.5. The molecule has 0 spiro atoms. The molecule has 1 amide bonds. The van der Waals surface area contributed by atoms with E-state index in [4.69, 9.17) is 16.3 Å². The van der Waals surface area contributed by atoms with Crippen molar-refractivity contribution >= 4 is 17.5 Å². The van der Waals surface area contributed by atoms with E-state index in [1.54, 1.807) is 0 Å². The Kier molecular flexibility index (Phi) is 5.11. The highest BCUT2D eigenvalue weighted by Crippen LogP contribution is 2.30. The topological polar surface area (TPSA) is 38.3 Å². The third-order valence-corrected chi connectivity index (χ3v) is 3.58. The van der Waals surface area contributed by atoms with Crippen LogP contribution in [0, 0.1) is 5.92 Å². The fraction of sp³-hybridized carbons (Fsp3) is 0.500. The van der Waals surface area contributed by atoms with Crippen LogP contribution >= 0.6 is 11.6 Å². The molecule has 1 heterocycles. The lowest BCUT2D eigenvalue weighted by molar-refractivity contribution is -0.143. The van der Waals surface area contributed by atoms with E-state index in [1.165, 1.54) is 24.3 Å². The van der Waals surface area contributed by atoms with Crippen molar-refractivity contribution in [2.75, 3.05) is 13.2 Å². The van der Waals surface area contributed by atoms with Crippen molar-refractivity contribution in [2.45, 2.75) is 25.1 Å². The molecular formula is C14H15ClF3NO2. The first-order chi connectivity index (χ1) is 9.85. The van der Waals surface area contributed by atoms with E-state index in [-0.39, 0.29) is 12.5 Å². The van der Waals surface area contributed by atoms with Crippen molar-refractivity contribution in [2.24, 2.45) is 5.92 Å². The van der Waals surface area contributed by atoms with Crippen LogP contribution in [0.15, 0.2) is 24.3 Å². The average Bonchev–Trinajstić information content (AvgIpc) is 2.91. The molecule has 7 heteroatoms. The molecule has 1 N–H and O–H groups in total. The van der Waals surface area contributed by atoms with E-state index in [0.717, 1.165) is 0 Å². The summed E-state index contributed by atoms with van der Waals surface area (Å²) in [6.45, 7) is 0.716. The van der Waals surface area contributed by atoms with Gasteiger partial charge in [0.15, 0.2) is 0 Å². The summed E-state index contributed by atoms with van der Waals surface area (Å²) in [5, 5.41) is 2.90. The number of benzene rings is 1. The SMILES string of the molecule is O=C(NC(CC(F)(F)F)c1ccc(Cl)cc1)C1CCOC1. The van der Waals surface area contributed by atoms with Gasteiger partial charge in [-0.15, -0.1) is 0 Å². The van der Waals surface area contributed by atoms with Crippen molar-refractivity contribution in [3.63, 3.8) is 0 Å². The van der Waals surface area contributed by atoms with Gasteiger partial charge in [-0.25, -0.2) is 0 Å². The largest absolute Gasteiger partial charge is 0.391 e. The summed E-state index contributed by atoms with van der Waals surface area (Å²) < 4.78 is 43.2. The Balaban J connectivity index is 2.11. The van der Waals surface area contributed by atoms with Gasteiger partial charge in [0.05, 0.1) is 25.0 Å². The smallest absolute Gasteiger partial charge is 0.381 e. The van der Waals surface area contributed by atoms with Crippen molar-refractivity contribution in [1.82, 2.24) is 5.32 Å². The van der Waals surface area contributed by atoms with E-state index < -0.39 is 24.5 Å². The van der Waals surface area contributed by atoms with Crippen LogP contribution in [0.5, 0.6) is 0 Å². The van der Waals surface area contributed by atoms with Crippen molar-refractivity contribution in [3.05, 3.63) is 34.9 Å². The second-order valence-corrected chi connectivity index (χ2v) is 5.43. The number of carbonyl (C=O) groups is 1. The zero-order valence-corrected chi connectivity index (χ0v) is 11.9. The van der Waals surface area contributed by atoms with E-state index in [0.29, 0.717) is 23.6 Å². The minimum absolute atomic E-state index is 0.255. The minimum Gasteiger partial charge on any atom is -0.381 e. The van der Waals surface area contributed by atoms with Gasteiger partial charge >= 0.3 is 6.18 Å². The molecule has 0 aromatic heterocycles. The fourth-order valence-corrected chi connectivity index (χ4v) is 2.34. The summed E-state index contributed by atoms with van der Waals surface area (Å²) in [6, 6.07) is 4.88. The second kappa shape index (κ2) is 6.66. The van der Waals surface area contributed by atoms with Crippen LogP contribution in [0.1, 0.15) is 24.4 Å². The minimum atomic E-state index is -4.37. The Morgan fingerprint density at radius 3 is 2.57 bits per heavy atom. The molecule has 1 aliphatic rings. The number of amides is 1. The highest BCUT2D eigenvalue weighted by molar-refractivity contribution is 6.30. The molecule has 2 atom stereocenters. The molecule has 1 aliphatic heterocycles. The normalized spacial score (nSPS) is 20.3. The number of alkyl halides is 3. The molecule has 116 valence electrons. The Morgan fingerprint density at radius 1 is 1.38 bits per heavy atom. The quantitative estimate of drug-likeness (QED) is 0.922. The number of carbonyl (C=O) groups excluding carboxylic acids is 1. The molecule has 1 aromatic carbocycles. The van der Waals surface area contributed by atoms with Crippen LogP contribution in [-0.2, 0) is 9.53 Å². The van der Waals surface area contributed by atoms with E-state index >= 15 is 0 Å². The Morgan fingerprint density at radius 2 is 2.05 bits per heavy atom. The van der Waals surface area contributed by atoms with E-state index in [9.17, 15) is 18.0 Å². The Labute approximate surface area is 125 Å². The number of nitrogens with one attached hydrogen (secondary N) is 1. The van der Waals surface area contributed by atoms with Gasteiger partial charge in [0.2, 0.25) is 5.91 Å². The van der Waals surface area contributed by atoms with Crippen molar-refractivity contribution in [1.29, 1.82) is 0 Å². The summed E-state index contributed by atoms with van der Waals surface area (Å²) in [5.41, 5.74) is 0.379. The van der Waals surface area contributed by atoms with Gasteiger partial charge < -0.3 is 10.1 Å². The number of hydrogen-bond donors (Lipinski definition) is 1. The predicted octanol–water partition coefficient (Wildman–Crippen LogP) is 3.49. The van der Waals surface area contributed by atoms with Crippen LogP contribution in [0.25, 0.3) is 0 Å². The molecule has 21 heavy (non-hydrogen) atoms. The first-order valence-electron chi connectivity index (χ1n) is 6.55. The Hall–Kier alpha value is -1.27. The van der Waals surface area contributed by atoms with Gasteiger partial charge in [-0.3, -0.25) is 4.79 Å². The summed E-state index contributed by atoms with van der Waals surface area (Å²) >= 11 is 5.73. The molecule has 1 aromatic rings. The van der Waals surface area contributed by atoms with Crippen LogP contribution in [0.3, 0.4) is 0 Å². The van der Waals surface area contributed by atoms with Gasteiger partial charge in [0, 0.05) is 11.6 Å². The number of halogens is 4. The van der Waals surface area contributed by atoms with Crippen LogP contribution in [0.2, 0.25) is 5.02 Å². The van der Waals surface area contributed by atoms with Crippen molar-refractivity contribution in [3.8, 4) is 0 Å². The summed E-state index contributed by atoms with van der Waals surface area (Å²) in [7, 11) is 0. The number of rotatable bonds is 4. The molecule has 0 radical (unpaired) electrons. The van der Waals surface area contributed by atoms with E-state index in [1.807, 2.05) is 0 Å². The lowest BCUT2D eigenvalue weighted by atomic mass is 10.0. The number of hydrogen-bond acceptors (Lipinski definition) is 2. The lowest BCUT2D eigenvalue weighted by Crippen LogP contribution is -2.36. The summed E-state index contributed by atoms with van der Waals surface area (Å²) in [4.78, 5) is 12.0. The Bertz CT molecular complexity index is 484. The molecule has 2 unspecified atom stereocenters. The van der Waals surface area contributed by atoms with Gasteiger partial charge in [0.25, 0.3) is 0 Å². The third kappa shape index (κ3) is 4.89. The van der Waals surface area contributed by atoms with Crippen LogP contribution in [-0.4, -0.2) is 25.3 Å². The lowest BCUT2D eigenvalue weighted by Gasteiger charge is -2.22. The zero-order valence-electron chi connectivity index (χ0n) is 11.1. The first kappa shape index (κ1) is 16.1. The summed E-state index contributed by atoms with van der Waals surface area (Å²) in [6.07, 6.45) is -4.96. The molecular weight excluding hydrogens is 307 g/mol.